The minimum Gasteiger partial charge on any atom is -0.489 e. The van der Waals surface area contributed by atoms with Crippen molar-refractivity contribution in [3.63, 3.8) is 0 Å². The van der Waals surface area contributed by atoms with Gasteiger partial charge in [-0.2, -0.15) is 12.7 Å². The highest BCUT2D eigenvalue weighted by atomic mass is 32.2. The third-order valence-corrected chi connectivity index (χ3v) is 8.33. The zero-order valence-electron chi connectivity index (χ0n) is 20.8. The number of hydrogen-bond donors (Lipinski definition) is 2. The molecule has 0 aliphatic heterocycles. The van der Waals surface area contributed by atoms with E-state index in [9.17, 15) is 16.8 Å². The molecule has 0 spiro atoms. The summed E-state index contributed by atoms with van der Waals surface area (Å²) >= 11 is 0. The largest absolute Gasteiger partial charge is 0.489 e. The van der Waals surface area contributed by atoms with Crippen LogP contribution < -0.4 is 20.4 Å². The summed E-state index contributed by atoms with van der Waals surface area (Å²) in [5.74, 6) is -0.155. The Kier molecular flexibility index (Phi) is 9.50. The topological polar surface area (TPSA) is 177 Å². The molecule has 1 aromatic heterocycles. The molecule has 4 N–H and O–H groups in total. The Morgan fingerprint density at radius 3 is 2.39 bits per heavy atom. The van der Waals surface area contributed by atoms with Gasteiger partial charge in [0, 0.05) is 32.4 Å². The van der Waals surface area contributed by atoms with Crippen molar-refractivity contribution >= 4 is 26.1 Å². The number of rotatable bonds is 13. The third-order valence-electron chi connectivity index (χ3n) is 5.04. The zero-order chi connectivity index (χ0) is 27.8. The average molecular weight is 564 g/mol. The highest BCUT2D eigenvalue weighted by molar-refractivity contribution is 7.91. The molecule has 12 nitrogen and oxygen atoms in total. The Hall–Kier alpha value is -3.88. The summed E-state index contributed by atoms with van der Waals surface area (Å²) in [5.41, 5.74) is 11.8. The van der Waals surface area contributed by atoms with Crippen molar-refractivity contribution in [3.8, 4) is 11.5 Å². The van der Waals surface area contributed by atoms with E-state index in [1.807, 2.05) is 0 Å². The van der Waals surface area contributed by atoms with Gasteiger partial charge < -0.3 is 25.2 Å². The van der Waals surface area contributed by atoms with E-state index < -0.39 is 29.9 Å². The lowest BCUT2D eigenvalue weighted by Gasteiger charge is -2.19. The highest BCUT2D eigenvalue weighted by Crippen LogP contribution is 2.33. The predicted octanol–water partition coefficient (Wildman–Crippen LogP) is 1.95. The second-order valence-corrected chi connectivity index (χ2v) is 11.6. The van der Waals surface area contributed by atoms with Crippen LogP contribution in [-0.2, 0) is 31.5 Å². The van der Waals surface area contributed by atoms with Crippen molar-refractivity contribution in [1.29, 1.82) is 0 Å². The smallest absolute Gasteiger partial charge is 0.340 e. The predicted molar refractivity (Wildman–Crippen MR) is 140 cm³/mol. The van der Waals surface area contributed by atoms with Gasteiger partial charge in [-0.3, -0.25) is 4.98 Å². The molecule has 3 aromatic rings. The normalized spacial score (nSPS) is 11.7. The van der Waals surface area contributed by atoms with Crippen LogP contribution in [0.2, 0.25) is 0 Å². The van der Waals surface area contributed by atoms with Gasteiger partial charge in [0.15, 0.2) is 11.5 Å². The van der Waals surface area contributed by atoms with Crippen molar-refractivity contribution in [2.24, 2.45) is 16.6 Å². The van der Waals surface area contributed by atoms with Crippen molar-refractivity contribution in [3.05, 3.63) is 78.1 Å². The van der Waals surface area contributed by atoms with Crippen molar-refractivity contribution in [1.82, 2.24) is 9.29 Å². The van der Waals surface area contributed by atoms with Crippen molar-refractivity contribution < 1.29 is 30.6 Å². The van der Waals surface area contributed by atoms with Gasteiger partial charge in [-0.05, 0) is 53.5 Å². The first-order chi connectivity index (χ1) is 18.0. The summed E-state index contributed by atoms with van der Waals surface area (Å²) in [6.45, 7) is 2.10. The van der Waals surface area contributed by atoms with Gasteiger partial charge >= 0.3 is 10.1 Å². The van der Waals surface area contributed by atoms with Crippen LogP contribution in [0, 0.1) is 6.92 Å². The first-order valence-electron chi connectivity index (χ1n) is 11.3. The van der Waals surface area contributed by atoms with Crippen LogP contribution in [0.4, 0.5) is 0 Å². The van der Waals surface area contributed by atoms with Gasteiger partial charge in [0.05, 0.1) is 6.61 Å². The minimum absolute atomic E-state index is 0.00569. The van der Waals surface area contributed by atoms with E-state index in [2.05, 4.69) is 10.1 Å². The van der Waals surface area contributed by atoms with E-state index in [-0.39, 0.29) is 37.2 Å². The summed E-state index contributed by atoms with van der Waals surface area (Å²) in [4.78, 5) is 7.95. The summed E-state index contributed by atoms with van der Waals surface area (Å²) in [6, 6.07) is 13.3. The Labute approximate surface area is 222 Å². The number of pyridine rings is 1. The maximum Gasteiger partial charge on any atom is 0.340 e. The molecule has 38 heavy (non-hydrogen) atoms. The number of oxime groups is 1. The van der Waals surface area contributed by atoms with Gasteiger partial charge in [0.25, 0.3) is 0 Å². The average Bonchev–Trinajstić information content (AvgIpc) is 2.88. The molecule has 0 aliphatic carbocycles. The summed E-state index contributed by atoms with van der Waals surface area (Å²) < 4.78 is 65.5. The first kappa shape index (κ1) is 28.7. The minimum atomic E-state index is -4.59. The molecule has 0 unspecified atom stereocenters. The fraction of sp³-hybridized carbons (Fsp3) is 0.250. The number of aryl methyl sites for hydroxylation is 1. The quantitative estimate of drug-likeness (QED) is 0.103. The third kappa shape index (κ3) is 7.57. The number of nitrogens with two attached hydrogens (primary N) is 2. The number of nitrogens with zero attached hydrogens (tertiary/aromatic N) is 3. The van der Waals surface area contributed by atoms with Crippen LogP contribution in [0.5, 0.6) is 11.5 Å². The Morgan fingerprint density at radius 1 is 0.974 bits per heavy atom. The van der Waals surface area contributed by atoms with Crippen LogP contribution in [0.1, 0.15) is 17.5 Å². The molecule has 2 aromatic carbocycles. The lowest BCUT2D eigenvalue weighted by molar-refractivity contribution is 0.126. The summed E-state index contributed by atoms with van der Waals surface area (Å²) in [7, 11) is -7.45. The number of ether oxygens (including phenoxy) is 1. The zero-order valence-corrected chi connectivity index (χ0v) is 22.5. The number of aromatic nitrogens is 1. The van der Waals surface area contributed by atoms with Crippen LogP contribution in [-0.4, -0.2) is 52.3 Å². The molecule has 0 radical (unpaired) electrons. The maximum atomic E-state index is 13.4. The molecule has 0 bridgehead atoms. The molecule has 1 heterocycles. The molecule has 3 rings (SSSR count). The summed E-state index contributed by atoms with van der Waals surface area (Å²) in [5, 5.41) is 3.40. The van der Waals surface area contributed by atoms with E-state index in [1.165, 1.54) is 43.6 Å². The molecule has 0 aliphatic rings. The SMILES string of the molecule is Cc1ccc(OS(=O)(=O)c2ccccc2S(=O)(=O)N(C)Cc2cccnc2)c(OCCCON=C(N)N)c1. The Bertz CT molecular complexity index is 1480. The van der Waals surface area contributed by atoms with Gasteiger partial charge in [-0.1, -0.05) is 24.3 Å². The van der Waals surface area contributed by atoms with E-state index >= 15 is 0 Å². The van der Waals surface area contributed by atoms with Crippen LogP contribution in [0.25, 0.3) is 0 Å². The summed E-state index contributed by atoms with van der Waals surface area (Å²) in [6.07, 6.45) is 3.49. The lowest BCUT2D eigenvalue weighted by Crippen LogP contribution is -2.28. The highest BCUT2D eigenvalue weighted by Gasteiger charge is 2.31. The monoisotopic (exact) mass is 563 g/mol. The van der Waals surface area contributed by atoms with Crippen LogP contribution >= 0.6 is 0 Å². The molecule has 0 atom stereocenters. The van der Waals surface area contributed by atoms with Gasteiger partial charge in [-0.15, -0.1) is 0 Å². The maximum absolute atomic E-state index is 13.4. The Balaban J connectivity index is 1.83. The van der Waals surface area contributed by atoms with E-state index in [0.29, 0.717) is 12.0 Å². The van der Waals surface area contributed by atoms with Crippen molar-refractivity contribution in [2.75, 3.05) is 20.3 Å². The second kappa shape index (κ2) is 12.6. The second-order valence-electron chi connectivity index (χ2n) is 8.11. The number of guanidine groups is 1. The van der Waals surface area contributed by atoms with E-state index in [1.54, 1.807) is 37.4 Å². The van der Waals surface area contributed by atoms with E-state index in [0.717, 1.165) is 9.87 Å². The fourth-order valence-electron chi connectivity index (χ4n) is 3.26. The lowest BCUT2D eigenvalue weighted by atomic mass is 10.2. The molecular formula is C24H29N5O7S2. The number of benzene rings is 2. The molecule has 14 heteroatoms. The molecule has 0 fully saturated rings. The number of sulfonamides is 1. The molecule has 0 saturated heterocycles. The van der Waals surface area contributed by atoms with Gasteiger partial charge in [0.1, 0.15) is 16.4 Å². The van der Waals surface area contributed by atoms with Crippen molar-refractivity contribution in [2.45, 2.75) is 29.7 Å². The fourth-order valence-corrected chi connectivity index (χ4v) is 6.13. The first-order valence-corrected chi connectivity index (χ1v) is 14.2. The van der Waals surface area contributed by atoms with Crippen LogP contribution in [0.3, 0.4) is 0 Å². The molecule has 0 amide bonds. The standard InChI is InChI=1S/C24H29N5O7S2/c1-18-10-11-20(21(15-18)34-13-6-14-35-28-24(25)26)36-38(32,33)23-9-4-3-8-22(23)37(30,31)29(2)17-19-7-5-12-27-16-19/h3-5,7-12,15-16H,6,13-14,17H2,1-2H3,(H4,25,26,28). The molecule has 204 valence electrons. The van der Waals surface area contributed by atoms with Crippen LogP contribution in [0.15, 0.2) is 81.9 Å². The molecular weight excluding hydrogens is 534 g/mol. The Morgan fingerprint density at radius 2 is 1.71 bits per heavy atom. The van der Waals surface area contributed by atoms with Gasteiger partial charge in [-0.25, -0.2) is 8.42 Å². The number of hydrogen-bond acceptors (Lipinski definition) is 9. The molecule has 0 saturated carbocycles. The van der Waals surface area contributed by atoms with E-state index in [4.69, 9.17) is 25.2 Å². The van der Waals surface area contributed by atoms with Gasteiger partial charge in [0.2, 0.25) is 16.0 Å².